The van der Waals surface area contributed by atoms with Crippen molar-refractivity contribution in [2.75, 3.05) is 0 Å². The number of nitrogens with one attached hydrogen (secondary N) is 1. The van der Waals surface area contributed by atoms with E-state index in [0.29, 0.717) is 6.54 Å². The second-order valence-corrected chi connectivity index (χ2v) is 3.30. The molecule has 0 aromatic heterocycles. The molecule has 1 aromatic carbocycles. The molecule has 0 radical (unpaired) electrons. The van der Waals surface area contributed by atoms with Crippen molar-refractivity contribution in [3.63, 3.8) is 0 Å². The summed E-state index contributed by atoms with van der Waals surface area (Å²) in [6, 6.07) is 7.36. The molecule has 72 valence electrons. The quantitative estimate of drug-likeness (QED) is 0.709. The summed E-state index contributed by atoms with van der Waals surface area (Å²) in [6.07, 6.45) is 0. The Labute approximate surface area is 79.0 Å². The zero-order valence-electron chi connectivity index (χ0n) is 7.00. The maximum Gasteiger partial charge on any atom is 0.275 e. The van der Waals surface area contributed by atoms with Gasteiger partial charge in [0.05, 0.1) is 0 Å². The Kier molecular flexibility index (Phi) is 4.01. The highest BCUT2D eigenvalue weighted by molar-refractivity contribution is 7.77. The summed E-state index contributed by atoms with van der Waals surface area (Å²) in [4.78, 5) is 0. The van der Waals surface area contributed by atoms with Gasteiger partial charge in [-0.3, -0.25) is 0 Å². The molecule has 0 saturated heterocycles. The molecule has 1 aromatic rings. The van der Waals surface area contributed by atoms with Gasteiger partial charge in [0.1, 0.15) is 0 Å². The van der Waals surface area contributed by atoms with E-state index in [9.17, 15) is 8.09 Å². The summed E-state index contributed by atoms with van der Waals surface area (Å²) in [5.41, 5.74) is 7.29. The van der Waals surface area contributed by atoms with Crippen LogP contribution in [0.4, 0.5) is 3.89 Å². The van der Waals surface area contributed by atoms with Crippen molar-refractivity contribution in [3.8, 4) is 0 Å². The van der Waals surface area contributed by atoms with Crippen LogP contribution in [0.2, 0.25) is 0 Å². The average molecular weight is 202 g/mol. The predicted molar refractivity (Wildman–Crippen MR) is 50.4 cm³/mol. The SMILES string of the molecule is NCc1ccc(CNS(=O)F)cc1. The number of hydrogen-bond acceptors (Lipinski definition) is 2. The molecule has 0 heterocycles. The van der Waals surface area contributed by atoms with Crippen LogP contribution in [0.1, 0.15) is 11.1 Å². The van der Waals surface area contributed by atoms with E-state index in [2.05, 4.69) is 4.72 Å². The fourth-order valence-electron chi connectivity index (χ4n) is 0.933. The third-order valence-corrected chi connectivity index (χ3v) is 2.02. The first-order valence-electron chi connectivity index (χ1n) is 3.82. The van der Waals surface area contributed by atoms with Crippen molar-refractivity contribution in [2.24, 2.45) is 5.73 Å². The Hall–Kier alpha value is -0.780. The first-order valence-corrected chi connectivity index (χ1v) is 4.87. The van der Waals surface area contributed by atoms with Gasteiger partial charge < -0.3 is 5.73 Å². The molecule has 0 fully saturated rings. The summed E-state index contributed by atoms with van der Waals surface area (Å²) in [6.45, 7) is 0.747. The van der Waals surface area contributed by atoms with E-state index in [0.717, 1.165) is 11.1 Å². The van der Waals surface area contributed by atoms with Gasteiger partial charge in [-0.05, 0) is 11.1 Å². The van der Waals surface area contributed by atoms with Crippen LogP contribution in [0.3, 0.4) is 0 Å². The normalized spacial score (nSPS) is 12.8. The van der Waals surface area contributed by atoms with E-state index < -0.39 is 11.4 Å². The molecule has 0 aliphatic carbocycles. The average Bonchev–Trinajstić information content (AvgIpc) is 2.15. The van der Waals surface area contributed by atoms with Gasteiger partial charge in [-0.25, -0.2) is 8.93 Å². The molecule has 0 aliphatic heterocycles. The smallest absolute Gasteiger partial charge is 0.275 e. The minimum absolute atomic E-state index is 0.258. The predicted octanol–water partition coefficient (Wildman–Crippen LogP) is 0.783. The molecule has 0 saturated carbocycles. The van der Waals surface area contributed by atoms with Crippen molar-refractivity contribution in [1.82, 2.24) is 4.72 Å². The molecule has 3 nitrogen and oxygen atoms in total. The van der Waals surface area contributed by atoms with E-state index in [1.54, 1.807) is 0 Å². The zero-order chi connectivity index (χ0) is 9.68. The van der Waals surface area contributed by atoms with Gasteiger partial charge in [0.15, 0.2) is 0 Å². The zero-order valence-corrected chi connectivity index (χ0v) is 7.81. The lowest BCUT2D eigenvalue weighted by molar-refractivity contribution is 0.633. The summed E-state index contributed by atoms with van der Waals surface area (Å²) < 4.78 is 24.1. The molecule has 0 bridgehead atoms. The maximum atomic E-state index is 11.9. The molecule has 0 aliphatic rings. The summed E-state index contributed by atoms with van der Waals surface area (Å²) in [7, 11) is 0. The van der Waals surface area contributed by atoms with Crippen LogP contribution in [0, 0.1) is 0 Å². The lowest BCUT2D eigenvalue weighted by Gasteiger charge is -2.00. The molecule has 1 rings (SSSR count). The third-order valence-electron chi connectivity index (χ3n) is 1.65. The van der Waals surface area contributed by atoms with Gasteiger partial charge >= 0.3 is 0 Å². The van der Waals surface area contributed by atoms with Gasteiger partial charge in [0.2, 0.25) is 0 Å². The summed E-state index contributed by atoms with van der Waals surface area (Å²) >= 11 is -2.45. The van der Waals surface area contributed by atoms with Crippen LogP contribution >= 0.6 is 0 Å². The molecular formula is C8H11FN2OS. The molecule has 13 heavy (non-hydrogen) atoms. The summed E-state index contributed by atoms with van der Waals surface area (Å²) in [5, 5.41) is 0. The first-order chi connectivity index (χ1) is 6.22. The van der Waals surface area contributed by atoms with Crippen molar-refractivity contribution in [3.05, 3.63) is 35.4 Å². The minimum atomic E-state index is -2.45. The molecule has 1 unspecified atom stereocenters. The number of hydrogen-bond donors (Lipinski definition) is 2. The third kappa shape index (κ3) is 3.63. The lowest BCUT2D eigenvalue weighted by Crippen LogP contribution is -2.12. The van der Waals surface area contributed by atoms with Gasteiger partial charge in [-0.15, -0.1) is 3.89 Å². The second kappa shape index (κ2) is 5.06. The Morgan fingerprint density at radius 3 is 2.31 bits per heavy atom. The van der Waals surface area contributed by atoms with Crippen LogP contribution in [0.25, 0.3) is 0 Å². The second-order valence-electron chi connectivity index (χ2n) is 2.57. The standard InChI is InChI=1S/C8H11FN2OS/c9-13(12)11-6-8-3-1-7(5-10)2-4-8/h1-4,11H,5-6,10H2. The van der Waals surface area contributed by atoms with E-state index in [-0.39, 0.29) is 6.54 Å². The van der Waals surface area contributed by atoms with Gasteiger partial charge in [0.25, 0.3) is 11.4 Å². The lowest BCUT2D eigenvalue weighted by atomic mass is 10.1. The van der Waals surface area contributed by atoms with Crippen LogP contribution in [0.15, 0.2) is 24.3 Å². The minimum Gasteiger partial charge on any atom is -0.326 e. The molecule has 0 spiro atoms. The highest BCUT2D eigenvalue weighted by atomic mass is 32.2. The van der Waals surface area contributed by atoms with Crippen LogP contribution in [-0.4, -0.2) is 4.21 Å². The number of rotatable bonds is 4. The summed E-state index contributed by atoms with van der Waals surface area (Å²) in [5.74, 6) is 0. The molecule has 5 heteroatoms. The van der Waals surface area contributed by atoms with Crippen molar-refractivity contribution in [2.45, 2.75) is 13.1 Å². The van der Waals surface area contributed by atoms with Crippen LogP contribution in [0.5, 0.6) is 0 Å². The molecule has 0 amide bonds. The van der Waals surface area contributed by atoms with E-state index >= 15 is 0 Å². The van der Waals surface area contributed by atoms with Crippen molar-refractivity contribution >= 4 is 11.4 Å². The monoisotopic (exact) mass is 202 g/mol. The number of benzene rings is 1. The maximum absolute atomic E-state index is 11.9. The van der Waals surface area contributed by atoms with Crippen molar-refractivity contribution in [1.29, 1.82) is 0 Å². The Morgan fingerprint density at radius 1 is 1.31 bits per heavy atom. The van der Waals surface area contributed by atoms with Crippen LogP contribution < -0.4 is 10.5 Å². The Morgan fingerprint density at radius 2 is 1.85 bits per heavy atom. The largest absolute Gasteiger partial charge is 0.326 e. The number of nitrogens with two attached hydrogens (primary N) is 1. The first kappa shape index (κ1) is 10.3. The highest BCUT2D eigenvalue weighted by Gasteiger charge is 1.96. The Balaban J connectivity index is 2.54. The van der Waals surface area contributed by atoms with Crippen molar-refractivity contribution < 1.29 is 8.09 Å². The number of halogens is 1. The topological polar surface area (TPSA) is 55.1 Å². The van der Waals surface area contributed by atoms with Gasteiger partial charge in [-0.2, -0.15) is 0 Å². The molecule has 1 atom stereocenters. The Bertz CT molecular complexity index is 289. The molecular weight excluding hydrogens is 191 g/mol. The van der Waals surface area contributed by atoms with Gasteiger partial charge in [0, 0.05) is 13.1 Å². The van der Waals surface area contributed by atoms with E-state index in [1.165, 1.54) is 0 Å². The van der Waals surface area contributed by atoms with Gasteiger partial charge in [-0.1, -0.05) is 24.3 Å². The van der Waals surface area contributed by atoms with E-state index in [1.807, 2.05) is 24.3 Å². The fourth-order valence-corrected chi connectivity index (χ4v) is 1.21. The fraction of sp³-hybridized carbons (Fsp3) is 0.250. The van der Waals surface area contributed by atoms with E-state index in [4.69, 9.17) is 5.73 Å². The van der Waals surface area contributed by atoms with Crippen LogP contribution in [-0.2, 0) is 24.5 Å². The highest BCUT2D eigenvalue weighted by Crippen LogP contribution is 2.03. The molecule has 3 N–H and O–H groups in total.